The van der Waals surface area contributed by atoms with Gasteiger partial charge in [0.15, 0.2) is 5.11 Å². The number of nitrogens with zero attached hydrogens (tertiary/aromatic N) is 2. The Balaban J connectivity index is 1.37. The van der Waals surface area contributed by atoms with Gasteiger partial charge >= 0.3 is 0 Å². The minimum atomic E-state index is -0.178. The Morgan fingerprint density at radius 1 is 1.18 bits per heavy atom. The number of nitrogens with one attached hydrogen (secondary N) is 2. The first-order valence-corrected chi connectivity index (χ1v) is 12.8. The van der Waals surface area contributed by atoms with E-state index in [2.05, 4.69) is 46.7 Å². The predicted molar refractivity (Wildman–Crippen MR) is 143 cm³/mol. The molecule has 34 heavy (non-hydrogen) atoms. The number of ether oxygens (including phenoxy) is 1. The molecule has 1 amide bonds. The van der Waals surface area contributed by atoms with E-state index in [1.165, 1.54) is 5.56 Å². The summed E-state index contributed by atoms with van der Waals surface area (Å²) in [6, 6.07) is 16.2. The third kappa shape index (κ3) is 6.00. The lowest BCUT2D eigenvalue weighted by Gasteiger charge is -2.33. The van der Waals surface area contributed by atoms with Crippen LogP contribution >= 0.6 is 23.6 Å². The molecule has 6 nitrogen and oxygen atoms in total. The SMILES string of the molecule is COCCNC(=S)N1CCC(c2nc(C(=O)Nc3ccccc3-c3ccc(C)cc3)cs2)CC1. The number of piperidine rings is 1. The van der Waals surface area contributed by atoms with Crippen molar-refractivity contribution in [3.63, 3.8) is 0 Å². The number of benzene rings is 2. The normalized spacial score (nSPS) is 14.1. The average molecular weight is 495 g/mol. The first-order valence-electron chi connectivity index (χ1n) is 11.5. The lowest BCUT2D eigenvalue weighted by atomic mass is 9.98. The molecule has 1 saturated heterocycles. The number of para-hydroxylation sites is 1. The van der Waals surface area contributed by atoms with Crippen molar-refractivity contribution in [2.24, 2.45) is 0 Å². The first-order chi connectivity index (χ1) is 16.5. The number of methoxy groups -OCH3 is 1. The van der Waals surface area contributed by atoms with E-state index in [-0.39, 0.29) is 5.91 Å². The lowest BCUT2D eigenvalue weighted by Crippen LogP contribution is -2.44. The van der Waals surface area contributed by atoms with Crippen molar-refractivity contribution in [2.45, 2.75) is 25.7 Å². The van der Waals surface area contributed by atoms with E-state index >= 15 is 0 Å². The fraction of sp³-hybridized carbons (Fsp3) is 0.346. The Morgan fingerprint density at radius 2 is 1.91 bits per heavy atom. The second-order valence-electron chi connectivity index (χ2n) is 8.42. The number of thiazole rings is 1. The van der Waals surface area contributed by atoms with Gasteiger partial charge in [-0.25, -0.2) is 4.98 Å². The largest absolute Gasteiger partial charge is 0.383 e. The molecule has 178 valence electrons. The van der Waals surface area contributed by atoms with Crippen LogP contribution in [-0.2, 0) is 4.74 Å². The van der Waals surface area contributed by atoms with Gasteiger partial charge in [0.1, 0.15) is 5.69 Å². The molecule has 0 radical (unpaired) electrons. The third-order valence-electron chi connectivity index (χ3n) is 6.01. The Bertz CT molecular complexity index is 1120. The van der Waals surface area contributed by atoms with Crippen LogP contribution in [0.1, 0.15) is 39.8 Å². The molecule has 2 aromatic carbocycles. The van der Waals surface area contributed by atoms with Gasteiger partial charge in [-0.2, -0.15) is 0 Å². The van der Waals surface area contributed by atoms with Crippen LogP contribution in [-0.4, -0.2) is 54.3 Å². The summed E-state index contributed by atoms with van der Waals surface area (Å²) in [6.45, 7) is 5.18. The van der Waals surface area contributed by atoms with Crippen molar-refractivity contribution in [3.05, 3.63) is 70.2 Å². The van der Waals surface area contributed by atoms with E-state index in [1.54, 1.807) is 18.4 Å². The smallest absolute Gasteiger partial charge is 0.275 e. The van der Waals surface area contributed by atoms with Crippen LogP contribution in [0.25, 0.3) is 11.1 Å². The van der Waals surface area contributed by atoms with Crippen LogP contribution < -0.4 is 10.6 Å². The highest BCUT2D eigenvalue weighted by Gasteiger charge is 2.25. The van der Waals surface area contributed by atoms with Crippen LogP contribution in [0.4, 0.5) is 5.69 Å². The van der Waals surface area contributed by atoms with Gasteiger partial charge in [-0.1, -0.05) is 48.0 Å². The van der Waals surface area contributed by atoms with E-state index in [0.29, 0.717) is 24.8 Å². The molecule has 3 aromatic rings. The van der Waals surface area contributed by atoms with E-state index in [1.807, 2.05) is 29.6 Å². The number of hydrogen-bond donors (Lipinski definition) is 2. The monoisotopic (exact) mass is 494 g/mol. The summed E-state index contributed by atoms with van der Waals surface area (Å²) in [6.07, 6.45) is 1.94. The number of hydrogen-bond acceptors (Lipinski definition) is 5. The molecule has 2 heterocycles. The number of likely N-dealkylation sites (tertiary alicyclic amines) is 1. The van der Waals surface area contributed by atoms with Crippen molar-refractivity contribution >= 4 is 40.3 Å². The van der Waals surface area contributed by atoms with E-state index in [4.69, 9.17) is 21.9 Å². The number of aryl methyl sites for hydroxylation is 1. The molecule has 1 aromatic heterocycles. The van der Waals surface area contributed by atoms with Gasteiger partial charge < -0.3 is 20.3 Å². The molecule has 0 aliphatic carbocycles. The summed E-state index contributed by atoms with van der Waals surface area (Å²) in [4.78, 5) is 19.9. The zero-order valence-corrected chi connectivity index (χ0v) is 21.2. The molecule has 2 N–H and O–H groups in total. The summed E-state index contributed by atoms with van der Waals surface area (Å²) in [5.41, 5.74) is 4.53. The fourth-order valence-corrected chi connectivity index (χ4v) is 5.30. The topological polar surface area (TPSA) is 66.5 Å². The summed E-state index contributed by atoms with van der Waals surface area (Å²) in [5.74, 6) is 0.174. The number of thiocarbonyl (C=S) groups is 1. The maximum atomic E-state index is 13.0. The molecule has 8 heteroatoms. The van der Waals surface area contributed by atoms with E-state index in [9.17, 15) is 4.79 Å². The van der Waals surface area contributed by atoms with Gasteiger partial charge in [0.05, 0.1) is 11.6 Å². The molecule has 1 fully saturated rings. The highest BCUT2D eigenvalue weighted by atomic mass is 32.1. The molecular formula is C26H30N4O2S2. The van der Waals surface area contributed by atoms with Crippen molar-refractivity contribution in [1.29, 1.82) is 0 Å². The van der Waals surface area contributed by atoms with Crippen LogP contribution in [0.15, 0.2) is 53.9 Å². The fourth-order valence-electron chi connectivity index (χ4n) is 4.04. The highest BCUT2D eigenvalue weighted by Crippen LogP contribution is 2.32. The predicted octanol–water partition coefficient (Wildman–Crippen LogP) is 5.07. The zero-order valence-electron chi connectivity index (χ0n) is 19.5. The second kappa shape index (κ2) is 11.6. The molecule has 0 atom stereocenters. The van der Waals surface area contributed by atoms with Gasteiger partial charge in [-0.15, -0.1) is 11.3 Å². The molecule has 1 aliphatic rings. The Labute approximate surface area is 210 Å². The first kappa shape index (κ1) is 24.3. The molecule has 0 saturated carbocycles. The zero-order chi connectivity index (χ0) is 23.9. The number of aromatic nitrogens is 1. The van der Waals surface area contributed by atoms with Crippen LogP contribution in [0, 0.1) is 6.92 Å². The molecular weight excluding hydrogens is 464 g/mol. The number of anilines is 1. The maximum absolute atomic E-state index is 13.0. The Morgan fingerprint density at radius 3 is 2.65 bits per heavy atom. The highest BCUT2D eigenvalue weighted by molar-refractivity contribution is 7.80. The van der Waals surface area contributed by atoms with Gasteiger partial charge in [-0.3, -0.25) is 4.79 Å². The number of rotatable bonds is 7. The van der Waals surface area contributed by atoms with E-state index < -0.39 is 0 Å². The summed E-state index contributed by atoms with van der Waals surface area (Å²) < 4.78 is 5.07. The standard InChI is InChI=1S/C26H30N4O2S2/c1-18-7-9-19(10-8-18)21-5-3-4-6-22(21)28-24(31)23-17-34-25(29-23)20-11-14-30(15-12-20)26(33)27-13-16-32-2/h3-10,17,20H,11-16H2,1-2H3,(H,27,33)(H,28,31). The van der Waals surface area contributed by atoms with E-state index in [0.717, 1.165) is 52.9 Å². The van der Waals surface area contributed by atoms with Crippen molar-refractivity contribution in [3.8, 4) is 11.1 Å². The number of carbonyl (C=O) groups excluding carboxylic acids is 1. The van der Waals surface area contributed by atoms with Gasteiger partial charge in [-0.05, 0) is 43.6 Å². The maximum Gasteiger partial charge on any atom is 0.275 e. The van der Waals surface area contributed by atoms with Gasteiger partial charge in [0.25, 0.3) is 5.91 Å². The van der Waals surface area contributed by atoms with Gasteiger partial charge in [0.2, 0.25) is 0 Å². The summed E-state index contributed by atoms with van der Waals surface area (Å²) >= 11 is 7.06. The number of carbonyl (C=O) groups is 1. The molecule has 0 unspecified atom stereocenters. The molecule has 0 bridgehead atoms. The van der Waals surface area contributed by atoms with Crippen LogP contribution in [0.5, 0.6) is 0 Å². The van der Waals surface area contributed by atoms with Gasteiger partial charge in [0, 0.05) is 49.3 Å². The quantitative estimate of drug-likeness (QED) is 0.353. The second-order valence-corrected chi connectivity index (χ2v) is 9.70. The summed E-state index contributed by atoms with van der Waals surface area (Å²) in [5, 5.41) is 9.97. The minimum absolute atomic E-state index is 0.178. The Kier molecular flexibility index (Phi) is 8.26. The summed E-state index contributed by atoms with van der Waals surface area (Å²) in [7, 11) is 1.68. The van der Waals surface area contributed by atoms with Crippen LogP contribution in [0.2, 0.25) is 0 Å². The Hall–Kier alpha value is -2.81. The lowest BCUT2D eigenvalue weighted by molar-refractivity contribution is 0.102. The van der Waals surface area contributed by atoms with Crippen molar-refractivity contribution in [1.82, 2.24) is 15.2 Å². The van der Waals surface area contributed by atoms with Crippen molar-refractivity contribution < 1.29 is 9.53 Å². The average Bonchev–Trinajstić information content (AvgIpc) is 3.36. The minimum Gasteiger partial charge on any atom is -0.383 e. The van der Waals surface area contributed by atoms with Crippen LogP contribution in [0.3, 0.4) is 0 Å². The molecule has 0 spiro atoms. The van der Waals surface area contributed by atoms with Crippen molar-refractivity contribution in [2.75, 3.05) is 38.7 Å². The third-order valence-corrected chi connectivity index (χ3v) is 7.42. The number of amides is 1. The molecule has 4 rings (SSSR count). The molecule has 1 aliphatic heterocycles.